The molecule has 0 saturated carbocycles. The number of esters is 3. The predicted molar refractivity (Wildman–Crippen MR) is 352 cm³/mol. The first-order valence-corrected chi connectivity index (χ1v) is 33.3. The fraction of sp³-hybridized carbons (Fsp3) is 0.640. The number of hydrogen-bond acceptors (Lipinski definition) is 6. The Morgan fingerprint density at radius 2 is 0.481 bits per heavy atom. The van der Waals surface area contributed by atoms with Crippen LogP contribution in [0.1, 0.15) is 290 Å². The van der Waals surface area contributed by atoms with Gasteiger partial charge in [-0.3, -0.25) is 14.4 Å². The lowest BCUT2D eigenvalue weighted by molar-refractivity contribution is -0.167. The van der Waals surface area contributed by atoms with Gasteiger partial charge in [-0.2, -0.15) is 0 Å². The second kappa shape index (κ2) is 67.8. The highest BCUT2D eigenvalue weighted by Crippen LogP contribution is 2.15. The number of rotatable bonds is 59. The lowest BCUT2D eigenvalue weighted by Gasteiger charge is -2.18. The molecule has 0 aliphatic rings. The molecule has 6 heteroatoms. The van der Waals surface area contributed by atoms with Crippen LogP contribution in [0.4, 0.5) is 0 Å². The minimum Gasteiger partial charge on any atom is -0.462 e. The molecule has 0 spiro atoms. The molecule has 0 rings (SSSR count). The van der Waals surface area contributed by atoms with Crippen molar-refractivity contribution in [3.8, 4) is 0 Å². The fourth-order valence-electron chi connectivity index (χ4n) is 8.88. The Labute approximate surface area is 499 Å². The van der Waals surface area contributed by atoms with Gasteiger partial charge in [-0.1, -0.05) is 276 Å². The first-order chi connectivity index (χ1) is 40.0. The van der Waals surface area contributed by atoms with Crippen LogP contribution in [0.3, 0.4) is 0 Å². The first kappa shape index (κ1) is 76.3. The van der Waals surface area contributed by atoms with Gasteiger partial charge in [0.05, 0.1) is 0 Å². The summed E-state index contributed by atoms with van der Waals surface area (Å²) in [7, 11) is 0. The van der Waals surface area contributed by atoms with Gasteiger partial charge in [0.15, 0.2) is 6.10 Å². The molecule has 458 valence electrons. The molecule has 0 amide bonds. The Hall–Kier alpha value is -4.71. The van der Waals surface area contributed by atoms with Crippen LogP contribution in [0.25, 0.3) is 0 Å². The molecule has 0 bridgehead atoms. The minimum absolute atomic E-state index is 0.0931. The zero-order valence-corrected chi connectivity index (χ0v) is 52.5. The summed E-state index contributed by atoms with van der Waals surface area (Å²) >= 11 is 0. The molecule has 0 aromatic carbocycles. The molecule has 1 atom stereocenters. The van der Waals surface area contributed by atoms with Crippen molar-refractivity contribution in [2.24, 2.45) is 0 Å². The Balaban J connectivity index is 4.24. The van der Waals surface area contributed by atoms with Crippen LogP contribution < -0.4 is 0 Å². The van der Waals surface area contributed by atoms with E-state index in [2.05, 4.69) is 167 Å². The van der Waals surface area contributed by atoms with Crippen LogP contribution in [0.15, 0.2) is 146 Å². The third-order valence-electron chi connectivity index (χ3n) is 13.8. The molecular formula is C75H122O6. The summed E-state index contributed by atoms with van der Waals surface area (Å²) in [6.45, 7) is 6.38. The molecule has 81 heavy (non-hydrogen) atoms. The number of allylic oxidation sites excluding steroid dienone is 24. The number of unbranched alkanes of at least 4 members (excludes halogenated alkanes) is 24. The number of carbonyl (C=O) groups is 3. The molecule has 6 nitrogen and oxygen atoms in total. The molecule has 0 aromatic rings. The second-order valence-electron chi connectivity index (χ2n) is 21.6. The van der Waals surface area contributed by atoms with Crippen molar-refractivity contribution >= 4 is 17.9 Å². The maximum atomic E-state index is 12.9. The van der Waals surface area contributed by atoms with Gasteiger partial charge in [-0.05, 0) is 141 Å². The highest BCUT2D eigenvalue weighted by molar-refractivity contribution is 5.71. The van der Waals surface area contributed by atoms with Crippen molar-refractivity contribution in [1.29, 1.82) is 0 Å². The number of ether oxygens (including phenoxy) is 3. The minimum atomic E-state index is -0.797. The third kappa shape index (κ3) is 66.0. The fourth-order valence-corrected chi connectivity index (χ4v) is 8.88. The zero-order chi connectivity index (χ0) is 58.5. The quantitative estimate of drug-likeness (QED) is 0.0261. The maximum absolute atomic E-state index is 12.9. The molecule has 0 saturated heterocycles. The second-order valence-corrected chi connectivity index (χ2v) is 21.6. The Kier molecular flexibility index (Phi) is 63.9. The average Bonchev–Trinajstić information content (AvgIpc) is 3.46. The monoisotopic (exact) mass is 1120 g/mol. The van der Waals surface area contributed by atoms with E-state index in [9.17, 15) is 14.4 Å². The summed E-state index contributed by atoms with van der Waals surface area (Å²) < 4.78 is 16.9. The van der Waals surface area contributed by atoms with E-state index in [0.29, 0.717) is 19.3 Å². The molecule has 0 aliphatic heterocycles. The van der Waals surface area contributed by atoms with Crippen LogP contribution in [0.5, 0.6) is 0 Å². The van der Waals surface area contributed by atoms with E-state index in [4.69, 9.17) is 14.2 Å². The first-order valence-electron chi connectivity index (χ1n) is 33.3. The van der Waals surface area contributed by atoms with Crippen molar-refractivity contribution in [1.82, 2.24) is 0 Å². The van der Waals surface area contributed by atoms with Crippen LogP contribution in [-0.4, -0.2) is 37.2 Å². The molecule has 0 radical (unpaired) electrons. The molecule has 0 heterocycles. The summed E-state index contributed by atoms with van der Waals surface area (Å²) in [4.78, 5) is 38.3. The van der Waals surface area contributed by atoms with E-state index in [-0.39, 0.29) is 31.1 Å². The summed E-state index contributed by atoms with van der Waals surface area (Å²) in [6.07, 6.45) is 97.2. The van der Waals surface area contributed by atoms with Crippen molar-refractivity contribution in [3.63, 3.8) is 0 Å². The Bertz CT molecular complexity index is 1760. The average molecular weight is 1120 g/mol. The van der Waals surface area contributed by atoms with Crippen LogP contribution in [0.2, 0.25) is 0 Å². The Morgan fingerprint density at radius 3 is 0.765 bits per heavy atom. The summed E-state index contributed by atoms with van der Waals surface area (Å²) in [6, 6.07) is 0. The van der Waals surface area contributed by atoms with Gasteiger partial charge in [0.2, 0.25) is 0 Å². The van der Waals surface area contributed by atoms with Gasteiger partial charge in [0.25, 0.3) is 0 Å². The zero-order valence-electron chi connectivity index (χ0n) is 52.5. The SMILES string of the molecule is CC/C=C\C/C=C\C/C=C\C/C=C\C/C=C\C/C=C\C/C=C\C/C=C\CCCCCCCCCCCCC(=O)OCC(COC(=O)CCCCCCC/C=C\CCCCCC)OC(=O)CCCCCCC/C=C\C/C=C\C/C=C\CC. The van der Waals surface area contributed by atoms with E-state index in [0.717, 1.165) is 161 Å². The van der Waals surface area contributed by atoms with Gasteiger partial charge in [0.1, 0.15) is 13.2 Å². The summed E-state index contributed by atoms with van der Waals surface area (Å²) in [5.74, 6) is -0.922. The maximum Gasteiger partial charge on any atom is 0.306 e. The van der Waals surface area contributed by atoms with E-state index < -0.39 is 6.10 Å². The molecule has 0 fully saturated rings. The number of hydrogen-bond donors (Lipinski definition) is 0. The van der Waals surface area contributed by atoms with Crippen LogP contribution in [-0.2, 0) is 28.6 Å². The van der Waals surface area contributed by atoms with E-state index in [1.165, 1.54) is 89.9 Å². The molecule has 1 unspecified atom stereocenters. The van der Waals surface area contributed by atoms with Gasteiger partial charge < -0.3 is 14.2 Å². The summed E-state index contributed by atoms with van der Waals surface area (Å²) in [5, 5.41) is 0. The summed E-state index contributed by atoms with van der Waals surface area (Å²) in [5.41, 5.74) is 0. The van der Waals surface area contributed by atoms with E-state index >= 15 is 0 Å². The highest BCUT2D eigenvalue weighted by Gasteiger charge is 2.19. The number of carbonyl (C=O) groups excluding carboxylic acids is 3. The molecule has 0 N–H and O–H groups in total. The predicted octanol–water partition coefficient (Wildman–Crippen LogP) is 23.1. The normalized spacial score (nSPS) is 13.1. The van der Waals surface area contributed by atoms with Crippen molar-refractivity contribution < 1.29 is 28.6 Å². The molecule has 0 aliphatic carbocycles. The standard InChI is InChI=1S/C75H122O6/c1-4-7-10-13-16-19-22-25-27-28-29-30-31-32-33-34-35-36-37-38-39-40-41-42-43-44-45-46-48-50-53-56-59-62-65-68-74(77)80-71-72(70-79-73(76)67-64-61-58-55-52-49-24-21-18-15-12-9-6-3)81-75(78)69-66-63-60-57-54-51-47-26-23-20-17-14-11-8-5-2/h7-8,10-11,16-17,19-21,24-27,29-30,32-33,35-36,38-39,41-42,47,72H,4-6,9,12-15,18,22-23,28,31,34,37,40,43-46,48-71H2,1-3H3/b10-7-,11-8-,19-16-,20-17-,24-21-,27-25-,30-29-,33-32-,36-35-,39-38-,42-41-,47-26-. The lowest BCUT2D eigenvalue weighted by atomic mass is 10.1. The topological polar surface area (TPSA) is 78.9 Å². The van der Waals surface area contributed by atoms with Crippen LogP contribution >= 0.6 is 0 Å². The molecule has 0 aromatic heterocycles. The van der Waals surface area contributed by atoms with Gasteiger partial charge in [0, 0.05) is 19.3 Å². The van der Waals surface area contributed by atoms with Gasteiger partial charge >= 0.3 is 17.9 Å². The third-order valence-corrected chi connectivity index (χ3v) is 13.8. The molecular weight excluding hydrogens is 997 g/mol. The van der Waals surface area contributed by atoms with E-state index in [1.54, 1.807) is 0 Å². The highest BCUT2D eigenvalue weighted by atomic mass is 16.6. The van der Waals surface area contributed by atoms with Crippen molar-refractivity contribution in [2.45, 2.75) is 297 Å². The van der Waals surface area contributed by atoms with Crippen molar-refractivity contribution in [2.75, 3.05) is 13.2 Å². The van der Waals surface area contributed by atoms with Gasteiger partial charge in [-0.15, -0.1) is 0 Å². The van der Waals surface area contributed by atoms with E-state index in [1.807, 2.05) is 0 Å². The Morgan fingerprint density at radius 1 is 0.259 bits per heavy atom. The van der Waals surface area contributed by atoms with Crippen molar-refractivity contribution in [3.05, 3.63) is 146 Å². The smallest absolute Gasteiger partial charge is 0.306 e. The van der Waals surface area contributed by atoms with Gasteiger partial charge in [-0.25, -0.2) is 0 Å². The largest absolute Gasteiger partial charge is 0.462 e. The lowest BCUT2D eigenvalue weighted by Crippen LogP contribution is -2.30. The van der Waals surface area contributed by atoms with Crippen LogP contribution in [0, 0.1) is 0 Å².